The molecule has 20 heteroatoms. The number of benzene rings is 5. The zero-order chi connectivity index (χ0) is 54.0. The van der Waals surface area contributed by atoms with E-state index in [2.05, 4.69) is 29.8 Å². The maximum atomic E-state index is 14.0. The van der Waals surface area contributed by atoms with E-state index in [0.29, 0.717) is 39.5 Å². The molecule has 13 rings (SSSR count). The predicted molar refractivity (Wildman–Crippen MR) is 280 cm³/mol. The Labute approximate surface area is 443 Å². The number of likely N-dealkylation sites (tertiary alicyclic amines) is 3. The molecular formula is C58H55F5N6O9. The van der Waals surface area contributed by atoms with Gasteiger partial charge in [-0.25, -0.2) is 18.0 Å². The van der Waals surface area contributed by atoms with Gasteiger partial charge in [-0.1, -0.05) is 24.3 Å². The molecule has 78 heavy (non-hydrogen) atoms. The number of halogens is 5. The molecule has 8 heterocycles. The Morgan fingerprint density at radius 2 is 1.01 bits per heavy atom. The molecular weight excluding hydrogens is 1020 g/mol. The van der Waals surface area contributed by atoms with Crippen LogP contribution >= 0.6 is 0 Å². The van der Waals surface area contributed by atoms with Gasteiger partial charge in [-0.3, -0.25) is 14.4 Å². The Morgan fingerprint density at radius 1 is 0.526 bits per heavy atom. The van der Waals surface area contributed by atoms with E-state index >= 15 is 0 Å². The van der Waals surface area contributed by atoms with Gasteiger partial charge < -0.3 is 53.7 Å². The summed E-state index contributed by atoms with van der Waals surface area (Å²) >= 11 is 0. The van der Waals surface area contributed by atoms with Crippen LogP contribution in [0.25, 0.3) is 44.1 Å². The number of H-pyrrole nitrogens is 2. The zero-order valence-corrected chi connectivity index (χ0v) is 42.4. The van der Waals surface area contributed by atoms with Crippen LogP contribution in [0.15, 0.2) is 94.5 Å². The molecule has 6 aliphatic rings. The first kappa shape index (κ1) is 52.3. The van der Waals surface area contributed by atoms with Gasteiger partial charge in [-0.15, -0.1) is 0 Å². The minimum absolute atomic E-state index is 0.0457. The summed E-state index contributed by atoms with van der Waals surface area (Å²) in [6.45, 7) is 9.44. The third-order valence-electron chi connectivity index (χ3n) is 15.1. The maximum Gasteiger partial charge on any atom is 0.344 e. The van der Waals surface area contributed by atoms with Crippen LogP contribution in [0.1, 0.15) is 72.1 Å². The first-order chi connectivity index (χ1) is 37.8. The quantitative estimate of drug-likeness (QED) is 0.0413. The van der Waals surface area contributed by atoms with Crippen molar-refractivity contribution >= 4 is 33.7 Å². The third-order valence-corrected chi connectivity index (χ3v) is 15.1. The minimum Gasteiger partial charge on any atom is -0.454 e. The van der Waals surface area contributed by atoms with Gasteiger partial charge in [-0.2, -0.15) is 8.78 Å². The van der Waals surface area contributed by atoms with Crippen LogP contribution in [0.3, 0.4) is 0 Å². The Kier molecular flexibility index (Phi) is 15.2. The summed E-state index contributed by atoms with van der Waals surface area (Å²) in [7, 11) is 0. The Morgan fingerprint density at radius 3 is 1.56 bits per heavy atom. The Balaban J connectivity index is 0.000000138. The van der Waals surface area contributed by atoms with Crippen molar-refractivity contribution in [3.8, 4) is 51.0 Å². The van der Waals surface area contributed by atoms with Crippen LogP contribution in [0.4, 0.5) is 22.0 Å². The molecule has 2 atom stereocenters. The second kappa shape index (κ2) is 22.6. The van der Waals surface area contributed by atoms with E-state index in [1.165, 1.54) is 82.9 Å². The number of nitrogens with zero attached hydrogens (tertiary/aromatic N) is 3. The van der Waals surface area contributed by atoms with Crippen molar-refractivity contribution in [2.24, 2.45) is 0 Å². The molecule has 0 bridgehead atoms. The van der Waals surface area contributed by atoms with Crippen molar-refractivity contribution in [2.45, 2.75) is 63.5 Å². The molecule has 4 saturated heterocycles. The average molecular weight is 1080 g/mol. The zero-order valence-electron chi connectivity index (χ0n) is 42.4. The highest BCUT2D eigenvalue weighted by Crippen LogP contribution is 2.39. The number of hydrogen-bond donors (Lipinski definition) is 3. The fraction of sp³-hybridized carbons (Fsp3) is 0.345. The van der Waals surface area contributed by atoms with E-state index in [4.69, 9.17) is 18.9 Å². The van der Waals surface area contributed by atoms with Crippen molar-refractivity contribution in [3.63, 3.8) is 0 Å². The number of carbonyl (C=O) groups excluding carboxylic acids is 2. The molecule has 6 aliphatic heterocycles. The lowest BCUT2D eigenvalue weighted by Crippen LogP contribution is -2.42. The van der Waals surface area contributed by atoms with Gasteiger partial charge in [0.2, 0.25) is 59.5 Å². The van der Waals surface area contributed by atoms with E-state index in [0.717, 1.165) is 73.4 Å². The van der Waals surface area contributed by atoms with Crippen molar-refractivity contribution in [2.75, 3.05) is 65.9 Å². The lowest BCUT2D eigenvalue weighted by atomic mass is 9.99. The topological polar surface area (TPSA) is 168 Å². The molecule has 7 aromatic rings. The third kappa shape index (κ3) is 11.0. The van der Waals surface area contributed by atoms with Crippen LogP contribution in [0, 0.1) is 29.1 Å². The summed E-state index contributed by atoms with van der Waals surface area (Å²) in [4.78, 5) is 63.3. The van der Waals surface area contributed by atoms with Crippen LogP contribution < -0.4 is 40.1 Å². The number of fused-ring (bicyclic) bond motifs is 4. The van der Waals surface area contributed by atoms with Gasteiger partial charge in [0, 0.05) is 65.7 Å². The smallest absolute Gasteiger partial charge is 0.344 e. The largest absolute Gasteiger partial charge is 0.454 e. The molecule has 0 aliphatic carbocycles. The number of nitrogens with one attached hydrogen (secondary N) is 3. The monoisotopic (exact) mass is 1070 g/mol. The predicted octanol–water partition coefficient (Wildman–Crippen LogP) is 9.30. The number of hydrogen-bond acceptors (Lipinski definition) is 12. The fourth-order valence-corrected chi connectivity index (χ4v) is 11.1. The van der Waals surface area contributed by atoms with Gasteiger partial charge in [0.15, 0.2) is 23.0 Å². The number of esters is 1. The number of aromatic nitrogens is 2. The molecule has 4 fully saturated rings. The lowest BCUT2D eigenvalue weighted by Gasteiger charge is -2.29. The Bertz CT molecular complexity index is 3520. The minimum atomic E-state index is -2.40. The highest BCUT2D eigenvalue weighted by molar-refractivity contribution is 6.07. The normalized spacial score (nSPS) is 18.6. The SMILES string of the molecule is C1CN[C@H](CN2CCCC2)C1.O=C(Oc1c(F)c(F)c(F)c(F)c1F)c1cc(=O)[nH]c2ccc(-c3ccc4c(c3)OCO4)cc12.O=C(c1cc(=O)[nH]c2ccc(-c3ccc4c(c3)OCO4)cc12)N1CCC[C@H]1CN1CCCC1. The van der Waals surface area contributed by atoms with Crippen molar-refractivity contribution in [1.82, 2.24) is 30.0 Å². The number of ether oxygens (including phenoxy) is 5. The van der Waals surface area contributed by atoms with E-state index in [9.17, 15) is 41.1 Å². The molecule has 2 aromatic heterocycles. The van der Waals surface area contributed by atoms with E-state index in [-0.39, 0.29) is 42.0 Å². The second-order valence-corrected chi connectivity index (χ2v) is 20.1. The van der Waals surface area contributed by atoms with Crippen LogP contribution in [-0.2, 0) is 0 Å². The maximum absolute atomic E-state index is 14.0. The highest BCUT2D eigenvalue weighted by Gasteiger charge is 2.33. The summed E-state index contributed by atoms with van der Waals surface area (Å²) in [5.74, 6) is -12.4. The Hall–Kier alpha value is -7.81. The summed E-state index contributed by atoms with van der Waals surface area (Å²) in [6, 6.07) is 24.6. The number of amides is 1. The average Bonchev–Trinajstić information content (AvgIpc) is 4.41. The molecule has 3 N–H and O–H groups in total. The molecule has 0 saturated carbocycles. The molecule has 0 unspecified atom stereocenters. The van der Waals surface area contributed by atoms with Gasteiger partial charge in [-0.05, 0) is 155 Å². The number of rotatable bonds is 9. The van der Waals surface area contributed by atoms with E-state index in [1.807, 2.05) is 41.3 Å². The summed E-state index contributed by atoms with van der Waals surface area (Å²) < 4.78 is 94.3. The van der Waals surface area contributed by atoms with Gasteiger partial charge in [0.25, 0.3) is 5.91 Å². The van der Waals surface area contributed by atoms with E-state index < -0.39 is 51.9 Å². The second-order valence-electron chi connectivity index (χ2n) is 20.1. The van der Waals surface area contributed by atoms with Crippen LogP contribution in [0.2, 0.25) is 0 Å². The van der Waals surface area contributed by atoms with Gasteiger partial charge >= 0.3 is 5.97 Å². The molecule has 0 radical (unpaired) electrons. The van der Waals surface area contributed by atoms with Crippen molar-refractivity contribution in [3.05, 3.63) is 146 Å². The van der Waals surface area contributed by atoms with E-state index in [1.54, 1.807) is 24.3 Å². The summed E-state index contributed by atoms with van der Waals surface area (Å²) in [6.07, 6.45) is 10.1. The van der Waals surface area contributed by atoms with Gasteiger partial charge in [0.05, 0.1) is 11.1 Å². The molecule has 1 amide bonds. The molecule has 5 aromatic carbocycles. The number of pyridine rings is 2. The number of carbonyl (C=O) groups is 2. The van der Waals surface area contributed by atoms with Crippen LogP contribution in [-0.4, -0.2) is 115 Å². The highest BCUT2D eigenvalue weighted by atomic mass is 19.2. The fourth-order valence-electron chi connectivity index (χ4n) is 11.1. The molecule has 406 valence electrons. The number of aromatic amines is 2. The van der Waals surface area contributed by atoms with Crippen molar-refractivity contribution < 1.29 is 55.2 Å². The summed E-state index contributed by atoms with van der Waals surface area (Å²) in [5, 5.41) is 4.41. The van der Waals surface area contributed by atoms with Crippen molar-refractivity contribution in [1.29, 1.82) is 0 Å². The van der Waals surface area contributed by atoms with Gasteiger partial charge in [0.1, 0.15) is 0 Å². The molecule has 15 nitrogen and oxygen atoms in total. The summed E-state index contributed by atoms with van der Waals surface area (Å²) in [5.41, 5.74) is 2.99. The lowest BCUT2D eigenvalue weighted by molar-refractivity contribution is 0.0705. The first-order valence-electron chi connectivity index (χ1n) is 26.2. The standard InChI is InChI=1S/C26H27N3O4.C23H10F5NO5.C9H18N2/c30-25-14-21(26(31)29-11-3-4-19(29)15-28-9-1-2-10-28)20-12-17(5-7-22(20)27-25)18-6-8-23-24(13-18)33-16-32-23;24-17-18(25)20(27)22(21(28)19(17)26)34-23(31)12-7-16(30)29-13-3-1-9(5-11(12)13)10-2-4-14-15(6-10)33-8-32-14;1-2-7-11(6-1)8-9-4-3-5-10-9/h5-8,12-14,19H,1-4,9-11,15-16H2,(H,27,30);1-7H,8H2,(H,29,30);9-10H,1-8H2/t19-;;9-/m0.0/s1. The van der Waals surface area contributed by atoms with Crippen LogP contribution in [0.5, 0.6) is 28.7 Å². The molecule has 0 spiro atoms. The first-order valence-corrected chi connectivity index (χ1v) is 26.2.